The van der Waals surface area contributed by atoms with Gasteiger partial charge in [-0.15, -0.1) is 0 Å². The van der Waals surface area contributed by atoms with Gasteiger partial charge in [0.05, 0.1) is 0 Å². The number of hydrogen-bond donors (Lipinski definition) is 1. The molecule has 0 heterocycles. The average Bonchev–Trinajstić information content (AvgIpc) is 2.18. The molecule has 0 unspecified atom stereocenters. The molecule has 0 aromatic rings. The number of carbonyl (C=O) groups excluding carboxylic acids is 1. The van der Waals surface area contributed by atoms with Gasteiger partial charge >= 0.3 is 6.09 Å². The van der Waals surface area contributed by atoms with E-state index in [1.165, 1.54) is 0 Å². The number of nitrogens with one attached hydrogen (secondary N) is 1. The maximum atomic E-state index is 11.9. The van der Waals surface area contributed by atoms with E-state index in [2.05, 4.69) is 26.1 Å². The fourth-order valence-corrected chi connectivity index (χ4v) is 1.51. The fourth-order valence-electron chi connectivity index (χ4n) is 1.51. The van der Waals surface area contributed by atoms with E-state index in [0.717, 1.165) is 19.5 Å². The van der Waals surface area contributed by atoms with Crippen LogP contribution in [0.25, 0.3) is 0 Å². The standard InChI is InChI=1S/C15H32N2O2/c1-8-17(13(18)19-15(5,6)7)12-11-16-10-9-14(2,3)4/h16H,8-12H2,1-7H3. The maximum Gasteiger partial charge on any atom is 0.410 e. The Kier molecular flexibility index (Phi) is 7.42. The summed E-state index contributed by atoms with van der Waals surface area (Å²) < 4.78 is 5.36. The van der Waals surface area contributed by atoms with Crippen LogP contribution in [0.15, 0.2) is 0 Å². The molecule has 4 heteroatoms. The van der Waals surface area contributed by atoms with Gasteiger partial charge in [-0.2, -0.15) is 0 Å². The maximum absolute atomic E-state index is 11.9. The lowest BCUT2D eigenvalue weighted by Gasteiger charge is -2.26. The van der Waals surface area contributed by atoms with Crippen molar-refractivity contribution in [2.24, 2.45) is 5.41 Å². The van der Waals surface area contributed by atoms with Gasteiger partial charge in [-0.25, -0.2) is 4.79 Å². The van der Waals surface area contributed by atoms with Gasteiger partial charge in [0.1, 0.15) is 5.60 Å². The number of nitrogens with zero attached hydrogens (tertiary/aromatic N) is 1. The summed E-state index contributed by atoms with van der Waals surface area (Å²) in [6.45, 7) is 17.5. The molecular formula is C15H32N2O2. The summed E-state index contributed by atoms with van der Waals surface area (Å²) in [7, 11) is 0. The second-order valence-corrected chi connectivity index (χ2v) is 7.12. The summed E-state index contributed by atoms with van der Waals surface area (Å²) >= 11 is 0. The van der Waals surface area contributed by atoms with Gasteiger partial charge in [-0.3, -0.25) is 0 Å². The number of rotatable bonds is 6. The second kappa shape index (κ2) is 7.73. The monoisotopic (exact) mass is 272 g/mol. The van der Waals surface area contributed by atoms with Gasteiger partial charge in [0, 0.05) is 19.6 Å². The van der Waals surface area contributed by atoms with Crippen LogP contribution >= 0.6 is 0 Å². The highest BCUT2D eigenvalue weighted by Crippen LogP contribution is 2.16. The van der Waals surface area contributed by atoms with Crippen molar-refractivity contribution in [3.63, 3.8) is 0 Å². The SMILES string of the molecule is CCN(CCNCCC(C)(C)C)C(=O)OC(C)(C)C. The lowest BCUT2D eigenvalue weighted by molar-refractivity contribution is 0.0262. The van der Waals surface area contributed by atoms with Gasteiger partial charge in [0.25, 0.3) is 0 Å². The number of carbonyl (C=O) groups is 1. The van der Waals surface area contributed by atoms with E-state index in [4.69, 9.17) is 4.74 Å². The largest absolute Gasteiger partial charge is 0.444 e. The lowest BCUT2D eigenvalue weighted by Crippen LogP contribution is -2.40. The normalized spacial score (nSPS) is 12.4. The van der Waals surface area contributed by atoms with Gasteiger partial charge < -0.3 is 15.0 Å². The van der Waals surface area contributed by atoms with Crippen LogP contribution in [0.3, 0.4) is 0 Å². The highest BCUT2D eigenvalue weighted by Gasteiger charge is 2.20. The number of likely N-dealkylation sites (N-methyl/N-ethyl adjacent to an activating group) is 1. The van der Waals surface area contributed by atoms with Crippen LogP contribution < -0.4 is 5.32 Å². The Morgan fingerprint density at radius 3 is 2.11 bits per heavy atom. The average molecular weight is 272 g/mol. The third-order valence-electron chi connectivity index (χ3n) is 2.64. The first kappa shape index (κ1) is 18.2. The molecular weight excluding hydrogens is 240 g/mol. The van der Waals surface area contributed by atoms with Crippen LogP contribution in [0.2, 0.25) is 0 Å². The Morgan fingerprint density at radius 1 is 1.11 bits per heavy atom. The Bertz CT molecular complexity index is 264. The van der Waals surface area contributed by atoms with E-state index in [1.54, 1.807) is 4.90 Å². The lowest BCUT2D eigenvalue weighted by atomic mass is 9.92. The third kappa shape index (κ3) is 10.8. The first-order chi connectivity index (χ1) is 8.55. The molecule has 0 spiro atoms. The zero-order chi connectivity index (χ0) is 15.1. The molecule has 0 radical (unpaired) electrons. The van der Waals surface area contributed by atoms with E-state index in [9.17, 15) is 4.79 Å². The molecule has 0 aliphatic rings. The molecule has 0 fully saturated rings. The topological polar surface area (TPSA) is 41.6 Å². The van der Waals surface area contributed by atoms with E-state index < -0.39 is 5.60 Å². The molecule has 0 saturated carbocycles. The van der Waals surface area contributed by atoms with Crippen molar-refractivity contribution >= 4 is 6.09 Å². The molecule has 0 aliphatic heterocycles. The Hall–Kier alpha value is -0.770. The summed E-state index contributed by atoms with van der Waals surface area (Å²) in [5, 5.41) is 3.37. The molecule has 0 aromatic heterocycles. The van der Waals surface area contributed by atoms with E-state index in [0.29, 0.717) is 18.5 Å². The van der Waals surface area contributed by atoms with Crippen molar-refractivity contribution in [1.29, 1.82) is 0 Å². The van der Waals surface area contributed by atoms with Crippen LogP contribution in [0, 0.1) is 5.41 Å². The molecule has 0 rings (SSSR count). The van der Waals surface area contributed by atoms with Crippen LogP contribution in [0.5, 0.6) is 0 Å². The molecule has 19 heavy (non-hydrogen) atoms. The van der Waals surface area contributed by atoms with Crippen molar-refractivity contribution in [3.8, 4) is 0 Å². The Morgan fingerprint density at radius 2 is 1.68 bits per heavy atom. The molecule has 0 aromatic carbocycles. The summed E-state index contributed by atoms with van der Waals surface area (Å²) in [4.78, 5) is 13.6. The minimum Gasteiger partial charge on any atom is -0.444 e. The second-order valence-electron chi connectivity index (χ2n) is 7.12. The smallest absolute Gasteiger partial charge is 0.410 e. The minimum absolute atomic E-state index is 0.229. The zero-order valence-corrected chi connectivity index (χ0v) is 13.8. The third-order valence-corrected chi connectivity index (χ3v) is 2.64. The molecule has 114 valence electrons. The summed E-state index contributed by atoms with van der Waals surface area (Å²) in [6, 6.07) is 0. The van der Waals surface area contributed by atoms with Gasteiger partial charge in [0.2, 0.25) is 0 Å². The van der Waals surface area contributed by atoms with Gasteiger partial charge in [0.15, 0.2) is 0 Å². The van der Waals surface area contributed by atoms with E-state index in [-0.39, 0.29) is 6.09 Å². The highest BCUT2D eigenvalue weighted by atomic mass is 16.6. The summed E-state index contributed by atoms with van der Waals surface area (Å²) in [6.07, 6.45) is 0.901. The van der Waals surface area contributed by atoms with E-state index >= 15 is 0 Å². The van der Waals surface area contributed by atoms with Crippen molar-refractivity contribution < 1.29 is 9.53 Å². The Balaban J connectivity index is 3.91. The number of hydrogen-bond acceptors (Lipinski definition) is 3. The minimum atomic E-state index is -0.426. The summed E-state index contributed by atoms with van der Waals surface area (Å²) in [5.41, 5.74) is -0.0766. The molecule has 1 amide bonds. The predicted octanol–water partition coefficient (Wildman–Crippen LogP) is 3.27. The van der Waals surface area contributed by atoms with Crippen LogP contribution in [-0.2, 0) is 4.74 Å². The quantitative estimate of drug-likeness (QED) is 0.755. The Labute approximate surface area is 118 Å². The van der Waals surface area contributed by atoms with Crippen molar-refractivity contribution in [2.45, 2.75) is 60.5 Å². The highest BCUT2D eigenvalue weighted by molar-refractivity contribution is 5.68. The molecule has 0 aliphatic carbocycles. The van der Waals surface area contributed by atoms with E-state index in [1.807, 2.05) is 27.7 Å². The fraction of sp³-hybridized carbons (Fsp3) is 0.933. The molecule has 0 atom stereocenters. The van der Waals surface area contributed by atoms with Gasteiger partial charge in [-0.1, -0.05) is 20.8 Å². The van der Waals surface area contributed by atoms with Crippen LogP contribution in [0.4, 0.5) is 4.79 Å². The molecule has 0 bridgehead atoms. The molecule has 1 N–H and O–H groups in total. The van der Waals surface area contributed by atoms with Crippen molar-refractivity contribution in [3.05, 3.63) is 0 Å². The van der Waals surface area contributed by atoms with Crippen LogP contribution in [0.1, 0.15) is 54.9 Å². The zero-order valence-electron chi connectivity index (χ0n) is 13.8. The predicted molar refractivity (Wildman–Crippen MR) is 80.4 cm³/mol. The van der Waals surface area contributed by atoms with Crippen molar-refractivity contribution in [1.82, 2.24) is 10.2 Å². The number of amides is 1. The summed E-state index contributed by atoms with van der Waals surface area (Å²) in [5.74, 6) is 0. The number of ether oxygens (including phenoxy) is 1. The molecule has 4 nitrogen and oxygen atoms in total. The van der Waals surface area contributed by atoms with Crippen molar-refractivity contribution in [2.75, 3.05) is 26.2 Å². The first-order valence-electron chi connectivity index (χ1n) is 7.24. The van der Waals surface area contributed by atoms with Crippen LogP contribution in [-0.4, -0.2) is 42.8 Å². The molecule has 0 saturated heterocycles. The first-order valence-corrected chi connectivity index (χ1v) is 7.24. The van der Waals surface area contributed by atoms with Gasteiger partial charge in [-0.05, 0) is 46.1 Å².